The van der Waals surface area contributed by atoms with Crippen molar-refractivity contribution in [2.75, 3.05) is 13.7 Å². The van der Waals surface area contributed by atoms with E-state index in [0.29, 0.717) is 13.2 Å². The molecule has 1 aromatic carbocycles. The first-order valence-electron chi connectivity index (χ1n) is 8.84. The van der Waals surface area contributed by atoms with Crippen LogP contribution < -0.4 is 5.73 Å². The summed E-state index contributed by atoms with van der Waals surface area (Å²) >= 11 is 0. The smallest absolute Gasteiger partial charge is 0.137 e. The third-order valence-electron chi connectivity index (χ3n) is 4.73. The van der Waals surface area contributed by atoms with Crippen LogP contribution in [0, 0.1) is 6.92 Å². The Morgan fingerprint density at radius 3 is 2.59 bits per heavy atom. The zero-order valence-electron chi connectivity index (χ0n) is 16.3. The number of aryl methyl sites for hydroxylation is 1. The van der Waals surface area contributed by atoms with Gasteiger partial charge >= 0.3 is 0 Å². The van der Waals surface area contributed by atoms with Gasteiger partial charge in [0.05, 0.1) is 30.6 Å². The number of methoxy groups -OCH3 is 1. The van der Waals surface area contributed by atoms with Crippen LogP contribution in [0.1, 0.15) is 11.1 Å². The topological polar surface area (TPSA) is 83.3 Å². The summed E-state index contributed by atoms with van der Waals surface area (Å²) in [4.78, 5) is 4.53. The molecule has 4 rings (SSSR count). The number of nitrogens with two attached hydrogens (primary N) is 1. The van der Waals surface area contributed by atoms with Crippen LogP contribution >= 0.6 is 24.8 Å². The van der Waals surface area contributed by atoms with Crippen LogP contribution in [0.25, 0.3) is 27.9 Å². The molecule has 0 atom stereocenters. The fourth-order valence-corrected chi connectivity index (χ4v) is 3.20. The number of nitrogens with zero attached hydrogens (tertiary/aromatic N) is 5. The van der Waals surface area contributed by atoms with Gasteiger partial charge in [0.15, 0.2) is 0 Å². The molecule has 0 spiro atoms. The Hall–Kier alpha value is -2.45. The molecule has 9 heteroatoms. The zero-order valence-corrected chi connectivity index (χ0v) is 17.9. The van der Waals surface area contributed by atoms with Gasteiger partial charge in [-0.25, -0.2) is 9.50 Å². The van der Waals surface area contributed by atoms with Crippen LogP contribution in [0.15, 0.2) is 49.2 Å². The van der Waals surface area contributed by atoms with Crippen molar-refractivity contribution in [1.29, 1.82) is 0 Å². The van der Waals surface area contributed by atoms with Crippen LogP contribution in [0.5, 0.6) is 0 Å². The van der Waals surface area contributed by atoms with Gasteiger partial charge in [-0.15, -0.1) is 24.8 Å². The Morgan fingerprint density at radius 1 is 1.03 bits per heavy atom. The summed E-state index contributed by atoms with van der Waals surface area (Å²) in [6.45, 7) is 3.96. The molecule has 0 bridgehead atoms. The van der Waals surface area contributed by atoms with Crippen LogP contribution in [0.3, 0.4) is 0 Å². The van der Waals surface area contributed by atoms with E-state index in [1.807, 2.05) is 27.8 Å². The molecule has 0 aliphatic carbocycles. The highest BCUT2D eigenvalue weighted by molar-refractivity contribution is 5.85. The summed E-state index contributed by atoms with van der Waals surface area (Å²) in [5.41, 5.74) is 13.1. The second-order valence-corrected chi connectivity index (χ2v) is 6.50. The molecule has 0 saturated heterocycles. The molecule has 7 nitrogen and oxygen atoms in total. The average molecular weight is 435 g/mol. The van der Waals surface area contributed by atoms with Crippen molar-refractivity contribution in [1.82, 2.24) is 24.4 Å². The quantitative estimate of drug-likeness (QED) is 0.501. The molecule has 4 aromatic rings. The molecule has 0 aliphatic heterocycles. The van der Waals surface area contributed by atoms with Gasteiger partial charge in [0.1, 0.15) is 6.33 Å². The van der Waals surface area contributed by atoms with Gasteiger partial charge in [-0.05, 0) is 30.2 Å². The summed E-state index contributed by atoms with van der Waals surface area (Å²) in [6, 6.07) is 8.35. The molecule has 0 saturated carbocycles. The Labute approximate surface area is 181 Å². The molecule has 0 fully saturated rings. The van der Waals surface area contributed by atoms with Crippen molar-refractivity contribution in [2.24, 2.45) is 5.73 Å². The summed E-state index contributed by atoms with van der Waals surface area (Å²) in [7, 11) is 1.69. The van der Waals surface area contributed by atoms with Gasteiger partial charge in [0.2, 0.25) is 0 Å². The molecule has 0 aliphatic rings. The number of hydrogen-bond donors (Lipinski definition) is 1. The molecule has 2 N–H and O–H groups in total. The Morgan fingerprint density at radius 2 is 1.86 bits per heavy atom. The van der Waals surface area contributed by atoms with E-state index in [2.05, 4.69) is 46.4 Å². The first kappa shape index (κ1) is 22.8. The normalized spacial score (nSPS) is 10.6. The molecule has 0 radical (unpaired) electrons. The highest BCUT2D eigenvalue weighted by atomic mass is 35.5. The summed E-state index contributed by atoms with van der Waals surface area (Å²) in [5.74, 6) is 0. The number of ether oxygens (including phenoxy) is 1. The summed E-state index contributed by atoms with van der Waals surface area (Å²) < 4.78 is 8.84. The van der Waals surface area contributed by atoms with Crippen molar-refractivity contribution < 1.29 is 4.74 Å². The minimum absolute atomic E-state index is 0. The lowest BCUT2D eigenvalue weighted by molar-refractivity contribution is 0.183. The van der Waals surface area contributed by atoms with Gasteiger partial charge < -0.3 is 10.5 Å². The molecule has 3 aromatic heterocycles. The SMILES string of the molecule is COCCn1cc(-c2cc3c(-c4ccc(CN)c(C)c4)ncnn3c2)cn1.Cl.Cl. The van der Waals surface area contributed by atoms with Crippen molar-refractivity contribution in [3.63, 3.8) is 0 Å². The van der Waals surface area contributed by atoms with E-state index in [-0.39, 0.29) is 24.8 Å². The fraction of sp³-hybridized carbons (Fsp3) is 0.250. The summed E-state index contributed by atoms with van der Waals surface area (Å²) in [6.07, 6.45) is 7.46. The predicted molar refractivity (Wildman–Crippen MR) is 119 cm³/mol. The minimum Gasteiger partial charge on any atom is -0.383 e. The predicted octanol–water partition coefficient (Wildman–Crippen LogP) is 3.52. The highest BCUT2D eigenvalue weighted by Gasteiger charge is 2.12. The van der Waals surface area contributed by atoms with E-state index in [0.717, 1.165) is 45.6 Å². The second-order valence-electron chi connectivity index (χ2n) is 6.50. The van der Waals surface area contributed by atoms with E-state index in [9.17, 15) is 0 Å². The van der Waals surface area contributed by atoms with Crippen LogP contribution in [0.2, 0.25) is 0 Å². The van der Waals surface area contributed by atoms with E-state index < -0.39 is 0 Å². The number of benzene rings is 1. The maximum absolute atomic E-state index is 5.78. The van der Waals surface area contributed by atoms with E-state index in [1.165, 1.54) is 0 Å². The molecular formula is C20H24Cl2N6O. The fourth-order valence-electron chi connectivity index (χ4n) is 3.20. The van der Waals surface area contributed by atoms with E-state index in [4.69, 9.17) is 10.5 Å². The molecule has 0 amide bonds. The lowest BCUT2D eigenvalue weighted by atomic mass is 10.0. The minimum atomic E-state index is 0. The van der Waals surface area contributed by atoms with Gasteiger partial charge in [-0.3, -0.25) is 4.68 Å². The van der Waals surface area contributed by atoms with E-state index >= 15 is 0 Å². The van der Waals surface area contributed by atoms with Gasteiger partial charge in [-0.2, -0.15) is 10.2 Å². The largest absolute Gasteiger partial charge is 0.383 e. The lowest BCUT2D eigenvalue weighted by Crippen LogP contribution is -2.03. The van der Waals surface area contributed by atoms with Crippen molar-refractivity contribution in [2.45, 2.75) is 20.0 Å². The monoisotopic (exact) mass is 434 g/mol. The van der Waals surface area contributed by atoms with Gasteiger partial charge in [0.25, 0.3) is 0 Å². The third kappa shape index (κ3) is 4.59. The van der Waals surface area contributed by atoms with Crippen LogP contribution in [-0.2, 0) is 17.8 Å². The maximum Gasteiger partial charge on any atom is 0.137 e. The first-order valence-corrected chi connectivity index (χ1v) is 8.84. The van der Waals surface area contributed by atoms with Crippen molar-refractivity contribution in [3.8, 4) is 22.4 Å². The van der Waals surface area contributed by atoms with E-state index in [1.54, 1.807) is 13.4 Å². The highest BCUT2D eigenvalue weighted by Crippen LogP contribution is 2.28. The second kappa shape index (κ2) is 9.84. The van der Waals surface area contributed by atoms with Gasteiger partial charge in [-0.1, -0.05) is 12.1 Å². The van der Waals surface area contributed by atoms with Crippen LogP contribution in [0.4, 0.5) is 0 Å². The Balaban J connectivity index is 0.00000150. The summed E-state index contributed by atoms with van der Waals surface area (Å²) in [5, 5.41) is 8.76. The Kier molecular flexibility index (Phi) is 7.75. The third-order valence-corrected chi connectivity index (χ3v) is 4.73. The molecule has 154 valence electrons. The molecular weight excluding hydrogens is 411 g/mol. The van der Waals surface area contributed by atoms with Crippen molar-refractivity contribution >= 4 is 30.3 Å². The number of aromatic nitrogens is 5. The zero-order chi connectivity index (χ0) is 18.8. The lowest BCUT2D eigenvalue weighted by Gasteiger charge is -2.07. The van der Waals surface area contributed by atoms with Gasteiger partial charge in [0, 0.05) is 42.7 Å². The average Bonchev–Trinajstić information content (AvgIpc) is 3.32. The first-order chi connectivity index (χ1) is 13.2. The standard InChI is InChI=1S/C20H22N6O.2ClH/c1-14-7-15(3-4-16(14)9-21)20-19-8-17(12-26(19)24-13-22-20)18-10-23-25(11-18)5-6-27-2;;/h3-4,7-8,10-13H,5-6,9,21H2,1-2H3;2*1H. The number of halogens is 2. The Bertz CT molecular complexity index is 1090. The maximum atomic E-state index is 5.78. The number of fused-ring (bicyclic) bond motifs is 1. The molecule has 3 heterocycles. The van der Waals surface area contributed by atoms with Crippen LogP contribution in [-0.4, -0.2) is 38.1 Å². The van der Waals surface area contributed by atoms with Crippen molar-refractivity contribution in [3.05, 3.63) is 60.3 Å². The number of rotatable bonds is 6. The molecule has 0 unspecified atom stereocenters. The number of hydrogen-bond acceptors (Lipinski definition) is 5. The molecule has 29 heavy (non-hydrogen) atoms.